The minimum atomic E-state index is -4.12. The number of likely N-dealkylation sites (N-methyl/N-ethyl adjacent to an activating group) is 1. The second kappa shape index (κ2) is 6.38. The molecule has 18 heavy (non-hydrogen) atoms. The molecule has 1 heterocycles. The van der Waals surface area contributed by atoms with Crippen LogP contribution in [0, 0.1) is 0 Å². The molecule has 1 amide bonds. The van der Waals surface area contributed by atoms with Crippen LogP contribution in [0.1, 0.15) is 12.8 Å². The van der Waals surface area contributed by atoms with Gasteiger partial charge in [-0.1, -0.05) is 0 Å². The summed E-state index contributed by atoms with van der Waals surface area (Å²) in [6.45, 7) is 0.258. The lowest BCUT2D eigenvalue weighted by atomic mass is 10.1. The summed E-state index contributed by atoms with van der Waals surface area (Å²) >= 11 is 0. The highest BCUT2D eigenvalue weighted by Crippen LogP contribution is 2.19. The molecular weight excluding hydrogens is 247 g/mol. The zero-order chi connectivity index (χ0) is 13.8. The van der Waals surface area contributed by atoms with Crippen molar-refractivity contribution >= 4 is 5.91 Å². The van der Waals surface area contributed by atoms with E-state index in [2.05, 4.69) is 5.32 Å². The van der Waals surface area contributed by atoms with E-state index in [9.17, 15) is 18.0 Å². The summed E-state index contributed by atoms with van der Waals surface area (Å²) in [5.74, 6) is -0.0206. The Hall–Kier alpha value is -0.820. The van der Waals surface area contributed by atoms with Gasteiger partial charge >= 0.3 is 6.18 Å². The van der Waals surface area contributed by atoms with Crippen LogP contribution in [-0.4, -0.2) is 68.2 Å². The minimum absolute atomic E-state index is 0.0206. The SMILES string of the molecule is CN(C)C(=O)CNC1CCN(CC(F)(F)F)CC1. The molecule has 106 valence electrons. The predicted molar refractivity (Wildman–Crippen MR) is 62.2 cm³/mol. The van der Waals surface area contributed by atoms with Gasteiger partial charge in [0.15, 0.2) is 0 Å². The number of carbonyl (C=O) groups is 1. The number of carbonyl (C=O) groups excluding carboxylic acids is 1. The van der Waals surface area contributed by atoms with Crippen LogP contribution in [0.2, 0.25) is 0 Å². The zero-order valence-electron chi connectivity index (χ0n) is 10.8. The average Bonchev–Trinajstić information content (AvgIpc) is 2.25. The van der Waals surface area contributed by atoms with Crippen LogP contribution < -0.4 is 5.32 Å². The Balaban J connectivity index is 2.21. The first-order valence-corrected chi connectivity index (χ1v) is 6.00. The van der Waals surface area contributed by atoms with E-state index in [0.29, 0.717) is 25.9 Å². The van der Waals surface area contributed by atoms with Crippen LogP contribution in [-0.2, 0) is 4.79 Å². The van der Waals surface area contributed by atoms with Gasteiger partial charge in [0.05, 0.1) is 13.1 Å². The molecule has 0 saturated carbocycles. The Kier molecular flexibility index (Phi) is 5.40. The van der Waals surface area contributed by atoms with Crippen LogP contribution in [0.25, 0.3) is 0 Å². The maximum atomic E-state index is 12.2. The predicted octanol–water partition coefficient (Wildman–Crippen LogP) is 0.691. The molecule has 1 aliphatic rings. The van der Waals surface area contributed by atoms with Crippen molar-refractivity contribution in [2.24, 2.45) is 0 Å². The highest BCUT2D eigenvalue weighted by molar-refractivity contribution is 5.77. The van der Waals surface area contributed by atoms with Gasteiger partial charge in [0, 0.05) is 20.1 Å². The highest BCUT2D eigenvalue weighted by Gasteiger charge is 2.32. The molecule has 1 N–H and O–H groups in total. The van der Waals surface area contributed by atoms with E-state index in [-0.39, 0.29) is 18.5 Å². The maximum Gasteiger partial charge on any atom is 0.401 e. The Morgan fingerprint density at radius 1 is 1.33 bits per heavy atom. The summed E-state index contributed by atoms with van der Waals surface area (Å²) in [7, 11) is 3.35. The van der Waals surface area contributed by atoms with Crippen molar-refractivity contribution in [3.63, 3.8) is 0 Å². The van der Waals surface area contributed by atoms with Crippen molar-refractivity contribution in [2.45, 2.75) is 25.1 Å². The van der Waals surface area contributed by atoms with Crippen molar-refractivity contribution in [1.29, 1.82) is 0 Å². The molecule has 1 aliphatic heterocycles. The van der Waals surface area contributed by atoms with Gasteiger partial charge in [0.2, 0.25) is 5.91 Å². The lowest BCUT2D eigenvalue weighted by molar-refractivity contribution is -0.148. The summed E-state index contributed by atoms with van der Waals surface area (Å²) in [4.78, 5) is 14.2. The molecule has 0 aromatic carbocycles. The van der Waals surface area contributed by atoms with Crippen LogP contribution in [0.4, 0.5) is 13.2 Å². The fourth-order valence-electron chi connectivity index (χ4n) is 1.94. The van der Waals surface area contributed by atoms with E-state index in [0.717, 1.165) is 0 Å². The third kappa shape index (κ3) is 5.68. The number of nitrogens with one attached hydrogen (secondary N) is 1. The molecule has 4 nitrogen and oxygen atoms in total. The summed E-state index contributed by atoms with van der Waals surface area (Å²) in [6.07, 6.45) is -2.82. The quantitative estimate of drug-likeness (QED) is 0.814. The molecule has 0 aromatic rings. The summed E-state index contributed by atoms with van der Waals surface area (Å²) in [5, 5.41) is 3.09. The van der Waals surface area contributed by atoms with E-state index in [1.54, 1.807) is 14.1 Å². The van der Waals surface area contributed by atoms with Gasteiger partial charge in [-0.15, -0.1) is 0 Å². The third-order valence-corrected chi connectivity index (χ3v) is 3.03. The highest BCUT2D eigenvalue weighted by atomic mass is 19.4. The normalized spacial score (nSPS) is 18.9. The standard InChI is InChI=1S/C11H20F3N3O/c1-16(2)10(18)7-15-9-3-5-17(6-4-9)8-11(12,13)14/h9,15H,3-8H2,1-2H3. The molecule has 7 heteroatoms. The number of nitrogens with zero attached hydrogens (tertiary/aromatic N) is 2. The average molecular weight is 267 g/mol. The lowest BCUT2D eigenvalue weighted by Gasteiger charge is -2.32. The molecule has 0 aromatic heterocycles. The Morgan fingerprint density at radius 2 is 1.89 bits per heavy atom. The van der Waals surface area contributed by atoms with Gasteiger partial charge in [-0.05, 0) is 25.9 Å². The molecule has 0 spiro atoms. The van der Waals surface area contributed by atoms with Crippen molar-refractivity contribution in [1.82, 2.24) is 15.1 Å². The van der Waals surface area contributed by atoms with Gasteiger partial charge in [-0.3, -0.25) is 9.69 Å². The zero-order valence-corrected chi connectivity index (χ0v) is 10.8. The summed E-state index contributed by atoms with van der Waals surface area (Å²) in [5.41, 5.74) is 0. The number of halogens is 3. The lowest BCUT2D eigenvalue weighted by Crippen LogP contribution is -2.47. The Labute approximate surface area is 105 Å². The summed E-state index contributed by atoms with van der Waals surface area (Å²) in [6, 6.07) is 0.137. The number of rotatable bonds is 4. The number of piperidine rings is 1. The molecule has 1 saturated heterocycles. The smallest absolute Gasteiger partial charge is 0.348 e. The van der Waals surface area contributed by atoms with Gasteiger partial charge in [-0.2, -0.15) is 13.2 Å². The first-order chi connectivity index (χ1) is 8.28. The first kappa shape index (κ1) is 15.2. The third-order valence-electron chi connectivity index (χ3n) is 3.03. The Morgan fingerprint density at radius 3 is 2.33 bits per heavy atom. The second-order valence-electron chi connectivity index (χ2n) is 4.83. The second-order valence-corrected chi connectivity index (χ2v) is 4.83. The van der Waals surface area contributed by atoms with Crippen LogP contribution in [0.15, 0.2) is 0 Å². The van der Waals surface area contributed by atoms with E-state index in [1.807, 2.05) is 0 Å². The van der Waals surface area contributed by atoms with Crippen molar-refractivity contribution in [2.75, 3.05) is 40.3 Å². The van der Waals surface area contributed by atoms with Crippen LogP contribution >= 0.6 is 0 Å². The molecule has 0 bridgehead atoms. The minimum Gasteiger partial charge on any atom is -0.348 e. The Bertz CT molecular complexity index is 273. The number of amides is 1. The molecule has 1 fully saturated rings. The fourth-order valence-corrected chi connectivity index (χ4v) is 1.94. The van der Waals surface area contributed by atoms with E-state index >= 15 is 0 Å². The van der Waals surface area contributed by atoms with Crippen LogP contribution in [0.3, 0.4) is 0 Å². The van der Waals surface area contributed by atoms with Gasteiger partial charge < -0.3 is 10.2 Å². The van der Waals surface area contributed by atoms with Crippen molar-refractivity contribution in [3.05, 3.63) is 0 Å². The summed E-state index contributed by atoms with van der Waals surface area (Å²) < 4.78 is 36.5. The monoisotopic (exact) mass is 267 g/mol. The van der Waals surface area contributed by atoms with Gasteiger partial charge in [-0.25, -0.2) is 0 Å². The first-order valence-electron chi connectivity index (χ1n) is 6.00. The molecule has 0 atom stereocenters. The number of hydrogen-bond donors (Lipinski definition) is 1. The van der Waals surface area contributed by atoms with Crippen molar-refractivity contribution < 1.29 is 18.0 Å². The number of likely N-dealkylation sites (tertiary alicyclic amines) is 1. The topological polar surface area (TPSA) is 35.6 Å². The van der Waals surface area contributed by atoms with E-state index in [1.165, 1.54) is 9.80 Å². The molecule has 0 radical (unpaired) electrons. The molecular formula is C11H20F3N3O. The maximum absolute atomic E-state index is 12.2. The molecule has 1 rings (SSSR count). The van der Waals surface area contributed by atoms with Crippen molar-refractivity contribution in [3.8, 4) is 0 Å². The fraction of sp³-hybridized carbons (Fsp3) is 0.909. The number of hydrogen-bond acceptors (Lipinski definition) is 3. The molecule has 0 aliphatic carbocycles. The van der Waals surface area contributed by atoms with E-state index < -0.39 is 12.7 Å². The van der Waals surface area contributed by atoms with Gasteiger partial charge in [0.1, 0.15) is 0 Å². The molecule has 0 unspecified atom stereocenters. The van der Waals surface area contributed by atoms with E-state index in [4.69, 9.17) is 0 Å². The van der Waals surface area contributed by atoms with Gasteiger partial charge in [0.25, 0.3) is 0 Å². The number of alkyl halides is 3. The van der Waals surface area contributed by atoms with Crippen LogP contribution in [0.5, 0.6) is 0 Å². The largest absolute Gasteiger partial charge is 0.401 e.